The van der Waals surface area contributed by atoms with Crippen LogP contribution in [0.1, 0.15) is 21.1 Å². The highest BCUT2D eigenvalue weighted by molar-refractivity contribution is 7.15. The van der Waals surface area contributed by atoms with Crippen LogP contribution in [0.4, 0.5) is 8.78 Å². The fourth-order valence-electron chi connectivity index (χ4n) is 3.67. The van der Waals surface area contributed by atoms with E-state index in [0.717, 1.165) is 46.0 Å². The largest absolute Gasteiger partial charge is 0.468 e. The molecule has 4 aromatic rings. The van der Waals surface area contributed by atoms with Gasteiger partial charge in [-0.1, -0.05) is 18.2 Å². The van der Waals surface area contributed by atoms with Crippen LogP contribution in [-0.2, 0) is 16.0 Å². The number of ether oxygens (including phenoxy) is 1. The molecule has 2 aromatic carbocycles. The van der Waals surface area contributed by atoms with E-state index in [-0.39, 0.29) is 24.3 Å². The number of carbonyl (C=O) groups is 2. The number of para-hydroxylation sites is 1. The first kappa shape index (κ1) is 22.6. The zero-order valence-electron chi connectivity index (χ0n) is 18.0. The third-order valence-electron chi connectivity index (χ3n) is 5.22. The summed E-state index contributed by atoms with van der Waals surface area (Å²) in [5.41, 5.74) is 2.24. The Bertz CT molecular complexity index is 1310. The molecule has 0 unspecified atom stereocenters. The lowest BCUT2D eigenvalue weighted by molar-refractivity contribution is -0.141. The number of rotatable bonds is 7. The van der Waals surface area contributed by atoms with Crippen LogP contribution in [0.15, 0.2) is 48.7 Å². The van der Waals surface area contributed by atoms with Crippen LogP contribution < -0.4 is 0 Å². The molecular weight excluding hydrogens is 448 g/mol. The van der Waals surface area contributed by atoms with Crippen molar-refractivity contribution in [1.82, 2.24) is 14.9 Å². The Kier molecular flexibility index (Phi) is 6.50. The monoisotopic (exact) mass is 469 g/mol. The number of methoxy groups -OCH3 is 1. The molecule has 0 radical (unpaired) electrons. The zero-order chi connectivity index (χ0) is 23.5. The number of aryl methyl sites for hydroxylation is 1. The van der Waals surface area contributed by atoms with Gasteiger partial charge in [-0.25, -0.2) is 13.8 Å². The van der Waals surface area contributed by atoms with E-state index in [2.05, 4.69) is 9.97 Å². The minimum atomic E-state index is -0.750. The first-order chi connectivity index (χ1) is 15.9. The van der Waals surface area contributed by atoms with Gasteiger partial charge in [-0.2, -0.15) is 0 Å². The van der Waals surface area contributed by atoms with Gasteiger partial charge < -0.3 is 14.6 Å². The van der Waals surface area contributed by atoms with Crippen LogP contribution in [0.25, 0.3) is 21.3 Å². The minimum absolute atomic E-state index is 0.0466. The number of aromatic nitrogens is 2. The maximum absolute atomic E-state index is 13.8. The van der Waals surface area contributed by atoms with Gasteiger partial charge in [0.25, 0.3) is 5.91 Å². The molecule has 1 amide bonds. The Morgan fingerprint density at radius 1 is 1.15 bits per heavy atom. The van der Waals surface area contributed by atoms with Crippen molar-refractivity contribution in [2.45, 2.75) is 13.3 Å². The van der Waals surface area contributed by atoms with Crippen LogP contribution in [-0.4, -0.2) is 46.9 Å². The van der Waals surface area contributed by atoms with Gasteiger partial charge in [0.1, 0.15) is 23.9 Å². The number of carbonyl (C=O) groups excluding carboxylic acids is 2. The second-order valence-electron chi connectivity index (χ2n) is 7.48. The molecule has 0 atom stereocenters. The summed E-state index contributed by atoms with van der Waals surface area (Å²) >= 11 is 1.16. The maximum atomic E-state index is 13.8. The molecule has 2 heterocycles. The molecule has 0 aliphatic heterocycles. The van der Waals surface area contributed by atoms with Crippen molar-refractivity contribution in [1.29, 1.82) is 0 Å². The molecule has 0 spiro atoms. The summed E-state index contributed by atoms with van der Waals surface area (Å²) in [7, 11) is 1.25. The van der Waals surface area contributed by atoms with Crippen molar-refractivity contribution in [3.63, 3.8) is 0 Å². The summed E-state index contributed by atoms with van der Waals surface area (Å²) in [5, 5.41) is 1.59. The predicted octanol–water partition coefficient (Wildman–Crippen LogP) is 4.74. The SMILES string of the molecule is COC(=O)CN(CCc1c[nH]c2ccccc12)C(=O)c1nc(C)sc1-c1cc(F)cc(F)c1. The number of amides is 1. The quantitative estimate of drug-likeness (QED) is 0.397. The average Bonchev–Trinajstić information content (AvgIpc) is 3.38. The number of aromatic amines is 1. The highest BCUT2D eigenvalue weighted by atomic mass is 32.1. The van der Waals surface area contributed by atoms with E-state index in [1.54, 1.807) is 6.92 Å². The van der Waals surface area contributed by atoms with Gasteiger partial charge in [0, 0.05) is 29.7 Å². The van der Waals surface area contributed by atoms with Crippen LogP contribution >= 0.6 is 11.3 Å². The topological polar surface area (TPSA) is 75.3 Å². The smallest absolute Gasteiger partial charge is 0.325 e. The normalized spacial score (nSPS) is 11.0. The van der Waals surface area contributed by atoms with Crippen molar-refractivity contribution in [2.75, 3.05) is 20.2 Å². The number of esters is 1. The molecule has 2 aromatic heterocycles. The molecule has 170 valence electrons. The summed E-state index contributed by atoms with van der Waals surface area (Å²) < 4.78 is 32.4. The molecule has 6 nitrogen and oxygen atoms in total. The number of hydrogen-bond donors (Lipinski definition) is 1. The molecule has 0 aliphatic carbocycles. The molecule has 0 saturated carbocycles. The van der Waals surface area contributed by atoms with E-state index in [1.807, 2.05) is 30.5 Å². The highest BCUT2D eigenvalue weighted by Gasteiger charge is 2.26. The van der Waals surface area contributed by atoms with Crippen molar-refractivity contribution < 1.29 is 23.1 Å². The Balaban J connectivity index is 1.65. The summed E-state index contributed by atoms with van der Waals surface area (Å²) in [6, 6.07) is 10.9. The van der Waals surface area contributed by atoms with E-state index in [4.69, 9.17) is 4.74 Å². The minimum Gasteiger partial charge on any atom is -0.468 e. The first-order valence-corrected chi connectivity index (χ1v) is 11.0. The van der Waals surface area contributed by atoms with Gasteiger partial charge in [0.15, 0.2) is 0 Å². The Morgan fingerprint density at radius 2 is 1.88 bits per heavy atom. The third-order valence-corrected chi connectivity index (χ3v) is 6.24. The maximum Gasteiger partial charge on any atom is 0.325 e. The van der Waals surface area contributed by atoms with Crippen LogP contribution in [0.3, 0.4) is 0 Å². The van der Waals surface area contributed by atoms with Gasteiger partial charge >= 0.3 is 5.97 Å². The van der Waals surface area contributed by atoms with E-state index >= 15 is 0 Å². The second-order valence-corrected chi connectivity index (χ2v) is 8.68. The number of nitrogens with zero attached hydrogens (tertiary/aromatic N) is 2. The van der Waals surface area contributed by atoms with Crippen molar-refractivity contribution >= 4 is 34.1 Å². The molecule has 0 saturated heterocycles. The number of nitrogens with one attached hydrogen (secondary N) is 1. The summed E-state index contributed by atoms with van der Waals surface area (Å²) in [5.74, 6) is -2.59. The Hall–Kier alpha value is -3.59. The number of halogens is 2. The number of benzene rings is 2. The second kappa shape index (κ2) is 9.50. The number of H-pyrrole nitrogens is 1. The molecule has 0 aliphatic rings. The van der Waals surface area contributed by atoms with Crippen molar-refractivity contribution in [2.24, 2.45) is 0 Å². The van der Waals surface area contributed by atoms with Gasteiger partial charge in [0.05, 0.1) is 17.0 Å². The number of hydrogen-bond acceptors (Lipinski definition) is 5. The van der Waals surface area contributed by atoms with Crippen molar-refractivity contribution in [3.05, 3.63) is 76.6 Å². The zero-order valence-corrected chi connectivity index (χ0v) is 18.8. The molecular formula is C24H21F2N3O3S. The Labute approximate surface area is 192 Å². The number of fused-ring (bicyclic) bond motifs is 1. The molecule has 4 rings (SSSR count). The van der Waals surface area contributed by atoms with E-state index in [9.17, 15) is 18.4 Å². The summed E-state index contributed by atoms with van der Waals surface area (Å²) in [6.07, 6.45) is 2.36. The third kappa shape index (κ3) is 4.93. The molecule has 9 heteroatoms. The molecule has 33 heavy (non-hydrogen) atoms. The molecule has 1 N–H and O–H groups in total. The lowest BCUT2D eigenvalue weighted by Crippen LogP contribution is -2.38. The average molecular weight is 470 g/mol. The van der Waals surface area contributed by atoms with E-state index in [1.165, 1.54) is 12.0 Å². The molecule has 0 bridgehead atoms. The summed E-state index contributed by atoms with van der Waals surface area (Å²) in [4.78, 5) is 34.7. The van der Waals surface area contributed by atoms with Crippen LogP contribution in [0, 0.1) is 18.6 Å². The molecule has 0 fully saturated rings. The van der Waals surface area contributed by atoms with Gasteiger partial charge in [-0.15, -0.1) is 11.3 Å². The fourth-order valence-corrected chi connectivity index (χ4v) is 4.57. The van der Waals surface area contributed by atoms with Gasteiger partial charge in [-0.3, -0.25) is 9.59 Å². The fraction of sp³-hybridized carbons (Fsp3) is 0.208. The standard InChI is InChI=1S/C24H21F2N3O3S/c1-14-28-22(23(33-14)16-9-17(25)11-18(26)10-16)24(31)29(13-21(30)32-2)8-7-15-12-27-20-6-4-3-5-19(15)20/h3-6,9-12,27H,7-8,13H2,1-2H3. The van der Waals surface area contributed by atoms with Crippen molar-refractivity contribution in [3.8, 4) is 10.4 Å². The lowest BCUT2D eigenvalue weighted by atomic mass is 10.1. The van der Waals surface area contributed by atoms with E-state index < -0.39 is 23.5 Å². The van der Waals surface area contributed by atoms with Crippen LogP contribution in [0.5, 0.6) is 0 Å². The van der Waals surface area contributed by atoms with Gasteiger partial charge in [0.2, 0.25) is 0 Å². The lowest BCUT2D eigenvalue weighted by Gasteiger charge is -2.21. The first-order valence-electron chi connectivity index (χ1n) is 10.2. The van der Waals surface area contributed by atoms with E-state index in [0.29, 0.717) is 16.3 Å². The van der Waals surface area contributed by atoms with Gasteiger partial charge in [-0.05, 0) is 42.7 Å². The Morgan fingerprint density at radius 3 is 2.61 bits per heavy atom. The number of thiazole rings is 1. The van der Waals surface area contributed by atoms with Crippen LogP contribution in [0.2, 0.25) is 0 Å². The summed E-state index contributed by atoms with van der Waals surface area (Å²) in [6.45, 7) is 1.66. The predicted molar refractivity (Wildman–Crippen MR) is 122 cm³/mol. The highest BCUT2D eigenvalue weighted by Crippen LogP contribution is 2.32.